The van der Waals surface area contributed by atoms with Crippen molar-refractivity contribution < 1.29 is 0 Å². The fraction of sp³-hybridized carbons (Fsp3) is 0.643. The summed E-state index contributed by atoms with van der Waals surface area (Å²) in [7, 11) is 0. The van der Waals surface area contributed by atoms with E-state index >= 15 is 0 Å². The molecule has 4 nitrogen and oxygen atoms in total. The summed E-state index contributed by atoms with van der Waals surface area (Å²) >= 11 is 0. The molecule has 0 bridgehead atoms. The molecule has 0 saturated carbocycles. The second-order valence-electron chi connectivity index (χ2n) is 5.33. The molecule has 0 atom stereocenters. The van der Waals surface area contributed by atoms with Gasteiger partial charge in [-0.3, -0.25) is 14.8 Å². The molecule has 3 rings (SSSR count). The van der Waals surface area contributed by atoms with Crippen molar-refractivity contribution in [1.29, 1.82) is 0 Å². The highest BCUT2D eigenvalue weighted by Crippen LogP contribution is 2.12. The molecular weight excluding hydrogens is 224 g/mol. The van der Waals surface area contributed by atoms with E-state index in [1.54, 1.807) is 0 Å². The number of rotatable bonds is 3. The molecule has 0 aliphatic carbocycles. The maximum absolute atomic E-state index is 4.08. The summed E-state index contributed by atoms with van der Waals surface area (Å²) in [4.78, 5) is 9.30. The normalized spacial score (nSPS) is 23.6. The minimum absolute atomic E-state index is 0.797. The van der Waals surface area contributed by atoms with E-state index in [-0.39, 0.29) is 0 Å². The van der Waals surface area contributed by atoms with Crippen LogP contribution in [0.25, 0.3) is 0 Å². The van der Waals surface area contributed by atoms with Crippen LogP contribution in [0.15, 0.2) is 24.5 Å². The van der Waals surface area contributed by atoms with Gasteiger partial charge in [0.15, 0.2) is 0 Å². The van der Waals surface area contributed by atoms with Gasteiger partial charge in [-0.25, -0.2) is 0 Å². The Labute approximate surface area is 109 Å². The van der Waals surface area contributed by atoms with Gasteiger partial charge >= 0.3 is 0 Å². The molecular formula is C14H22N4. The van der Waals surface area contributed by atoms with Gasteiger partial charge in [0.05, 0.1) is 0 Å². The minimum atomic E-state index is 0.797. The average molecular weight is 246 g/mol. The second-order valence-corrected chi connectivity index (χ2v) is 5.33. The van der Waals surface area contributed by atoms with Crippen LogP contribution in [0.1, 0.15) is 12.0 Å². The van der Waals surface area contributed by atoms with Crippen molar-refractivity contribution in [3.63, 3.8) is 0 Å². The Morgan fingerprint density at radius 2 is 1.94 bits per heavy atom. The molecule has 4 heteroatoms. The van der Waals surface area contributed by atoms with Gasteiger partial charge in [0.25, 0.3) is 0 Å². The molecule has 2 fully saturated rings. The van der Waals surface area contributed by atoms with Crippen molar-refractivity contribution in [2.45, 2.75) is 19.0 Å². The second kappa shape index (κ2) is 5.78. The summed E-state index contributed by atoms with van der Waals surface area (Å²) in [5.41, 5.74) is 1.38. The Morgan fingerprint density at radius 3 is 2.67 bits per heavy atom. The van der Waals surface area contributed by atoms with Crippen LogP contribution in [0.4, 0.5) is 0 Å². The van der Waals surface area contributed by atoms with E-state index in [4.69, 9.17) is 0 Å². The Kier molecular flexibility index (Phi) is 3.88. The Morgan fingerprint density at radius 1 is 1.11 bits per heavy atom. The van der Waals surface area contributed by atoms with Gasteiger partial charge in [-0.2, -0.15) is 0 Å². The smallest absolute Gasteiger partial charge is 0.0345 e. The zero-order valence-corrected chi connectivity index (χ0v) is 10.9. The van der Waals surface area contributed by atoms with Crippen LogP contribution in [-0.4, -0.2) is 60.1 Å². The van der Waals surface area contributed by atoms with Gasteiger partial charge in [0.1, 0.15) is 0 Å². The first kappa shape index (κ1) is 12.1. The van der Waals surface area contributed by atoms with Crippen molar-refractivity contribution in [2.24, 2.45) is 0 Å². The Balaban J connectivity index is 1.52. The van der Waals surface area contributed by atoms with Gasteiger partial charge in [0.2, 0.25) is 0 Å². The monoisotopic (exact) mass is 246 g/mol. The number of nitrogens with one attached hydrogen (secondary N) is 1. The van der Waals surface area contributed by atoms with Crippen LogP contribution < -0.4 is 5.32 Å². The zero-order valence-electron chi connectivity index (χ0n) is 10.9. The first-order valence-electron chi connectivity index (χ1n) is 6.98. The molecule has 3 heterocycles. The Hall–Kier alpha value is -0.970. The third kappa shape index (κ3) is 2.88. The van der Waals surface area contributed by atoms with Crippen LogP contribution in [0.3, 0.4) is 0 Å². The molecule has 0 unspecified atom stereocenters. The molecule has 98 valence electrons. The molecule has 1 aromatic rings. The van der Waals surface area contributed by atoms with Crippen LogP contribution >= 0.6 is 0 Å². The van der Waals surface area contributed by atoms with Gasteiger partial charge in [-0.1, -0.05) is 0 Å². The topological polar surface area (TPSA) is 31.4 Å². The van der Waals surface area contributed by atoms with Crippen LogP contribution in [-0.2, 0) is 6.54 Å². The summed E-state index contributed by atoms with van der Waals surface area (Å²) in [6, 6.07) is 5.04. The van der Waals surface area contributed by atoms with Gasteiger partial charge in [0, 0.05) is 51.2 Å². The van der Waals surface area contributed by atoms with E-state index in [9.17, 15) is 0 Å². The molecule has 2 saturated heterocycles. The molecule has 2 aliphatic rings. The molecule has 0 aromatic carbocycles. The highest BCUT2D eigenvalue weighted by atomic mass is 15.3. The van der Waals surface area contributed by atoms with E-state index in [2.05, 4.69) is 32.2 Å². The SMILES string of the molecule is c1cc(CN2CCCN(C3CNC3)CC2)ccn1. The Bertz CT molecular complexity index is 363. The standard InChI is InChI=1S/C14H22N4/c1-6-17(12-13-2-4-15-5-3-13)8-9-18(7-1)14-10-16-11-14/h2-5,14,16H,1,6-12H2. The number of pyridine rings is 1. The number of hydrogen-bond donors (Lipinski definition) is 1. The lowest BCUT2D eigenvalue weighted by molar-refractivity contribution is 0.148. The average Bonchev–Trinajstić information content (AvgIpc) is 2.55. The number of hydrogen-bond acceptors (Lipinski definition) is 4. The van der Waals surface area contributed by atoms with Crippen molar-refractivity contribution in [1.82, 2.24) is 20.1 Å². The largest absolute Gasteiger partial charge is 0.314 e. The number of nitrogens with zero attached hydrogens (tertiary/aromatic N) is 3. The number of aromatic nitrogens is 1. The van der Waals surface area contributed by atoms with Gasteiger partial charge in [-0.05, 0) is 37.2 Å². The summed E-state index contributed by atoms with van der Waals surface area (Å²) in [6.45, 7) is 8.34. The van der Waals surface area contributed by atoms with E-state index < -0.39 is 0 Å². The van der Waals surface area contributed by atoms with Crippen molar-refractivity contribution >= 4 is 0 Å². The molecule has 0 spiro atoms. The van der Waals surface area contributed by atoms with Crippen molar-refractivity contribution in [3.05, 3.63) is 30.1 Å². The lowest BCUT2D eigenvalue weighted by Gasteiger charge is -2.37. The van der Waals surface area contributed by atoms with E-state index in [1.165, 1.54) is 51.3 Å². The first-order chi connectivity index (χ1) is 8.92. The molecule has 0 amide bonds. The van der Waals surface area contributed by atoms with E-state index in [0.29, 0.717) is 0 Å². The fourth-order valence-electron chi connectivity index (χ4n) is 2.79. The lowest BCUT2D eigenvalue weighted by Crippen LogP contribution is -2.57. The lowest BCUT2D eigenvalue weighted by atomic mass is 10.1. The van der Waals surface area contributed by atoms with Crippen LogP contribution in [0.5, 0.6) is 0 Å². The molecule has 0 radical (unpaired) electrons. The zero-order chi connectivity index (χ0) is 12.2. The maximum atomic E-state index is 4.08. The fourth-order valence-corrected chi connectivity index (χ4v) is 2.79. The molecule has 18 heavy (non-hydrogen) atoms. The van der Waals surface area contributed by atoms with Gasteiger partial charge < -0.3 is 5.32 Å². The predicted molar refractivity (Wildman–Crippen MR) is 72.4 cm³/mol. The third-order valence-corrected chi connectivity index (χ3v) is 4.05. The minimum Gasteiger partial charge on any atom is -0.314 e. The van der Waals surface area contributed by atoms with Crippen LogP contribution in [0.2, 0.25) is 0 Å². The van der Waals surface area contributed by atoms with E-state index in [1.807, 2.05) is 12.4 Å². The van der Waals surface area contributed by atoms with Crippen molar-refractivity contribution in [2.75, 3.05) is 39.3 Å². The maximum Gasteiger partial charge on any atom is 0.0345 e. The van der Waals surface area contributed by atoms with Crippen molar-refractivity contribution in [3.8, 4) is 0 Å². The van der Waals surface area contributed by atoms with Gasteiger partial charge in [-0.15, -0.1) is 0 Å². The van der Waals surface area contributed by atoms with E-state index in [0.717, 1.165) is 12.6 Å². The predicted octanol–water partition coefficient (Wildman–Crippen LogP) is 0.561. The highest BCUT2D eigenvalue weighted by Gasteiger charge is 2.26. The summed E-state index contributed by atoms with van der Waals surface area (Å²) in [5.74, 6) is 0. The molecule has 1 aromatic heterocycles. The summed E-state index contributed by atoms with van der Waals surface area (Å²) in [5, 5.41) is 3.37. The third-order valence-electron chi connectivity index (χ3n) is 4.05. The summed E-state index contributed by atoms with van der Waals surface area (Å²) in [6.07, 6.45) is 5.07. The van der Waals surface area contributed by atoms with Crippen LogP contribution in [0, 0.1) is 0 Å². The molecule has 2 aliphatic heterocycles. The first-order valence-corrected chi connectivity index (χ1v) is 6.98. The molecule has 1 N–H and O–H groups in total. The quantitative estimate of drug-likeness (QED) is 0.844. The highest BCUT2D eigenvalue weighted by molar-refractivity contribution is 5.09. The summed E-state index contributed by atoms with van der Waals surface area (Å²) < 4.78 is 0.